The van der Waals surface area contributed by atoms with Crippen LogP contribution in [0.25, 0.3) is 0 Å². The number of benzene rings is 1. The SMILES string of the molecule is C[C@@H]1[C@H](c2ccccc2)N1OS(=O)(=O)CC(Cl)(Cl)Cl. The van der Waals surface area contributed by atoms with Gasteiger partial charge in [0, 0.05) is 0 Å². The Morgan fingerprint density at radius 3 is 2.37 bits per heavy atom. The molecule has 19 heavy (non-hydrogen) atoms. The molecule has 0 radical (unpaired) electrons. The number of hydrogen-bond donors (Lipinski definition) is 0. The topological polar surface area (TPSA) is 46.4 Å². The molecule has 2 rings (SSSR count). The Kier molecular flexibility index (Phi) is 4.35. The first-order chi connectivity index (χ1) is 8.70. The maximum absolute atomic E-state index is 11.7. The van der Waals surface area contributed by atoms with E-state index >= 15 is 0 Å². The van der Waals surface area contributed by atoms with Crippen LogP contribution in [0.3, 0.4) is 0 Å². The van der Waals surface area contributed by atoms with Gasteiger partial charge in [-0.25, -0.2) is 0 Å². The summed E-state index contributed by atoms with van der Waals surface area (Å²) < 4.78 is 26.5. The minimum atomic E-state index is -3.92. The molecule has 1 heterocycles. The molecule has 8 heteroatoms. The third kappa shape index (κ3) is 4.21. The molecule has 1 fully saturated rings. The summed E-state index contributed by atoms with van der Waals surface area (Å²) in [7, 11) is -3.92. The normalized spacial score (nSPS) is 27.3. The van der Waals surface area contributed by atoms with Crippen molar-refractivity contribution < 1.29 is 12.7 Å². The zero-order chi connectivity index (χ0) is 14.3. The van der Waals surface area contributed by atoms with Crippen molar-refractivity contribution in [3.63, 3.8) is 0 Å². The standard InChI is InChI=1S/C11H12Cl3NO3S/c1-8-10(9-5-3-2-4-6-9)15(8)18-19(16,17)7-11(12,13)14/h2-6,8,10H,7H2,1H3/t8-,10-,15?/m1/s1. The van der Waals surface area contributed by atoms with Gasteiger partial charge in [-0.15, -0.1) is 0 Å². The van der Waals surface area contributed by atoms with Gasteiger partial charge in [0.25, 0.3) is 10.1 Å². The average molecular weight is 345 g/mol. The monoisotopic (exact) mass is 343 g/mol. The zero-order valence-corrected chi connectivity index (χ0v) is 13.0. The van der Waals surface area contributed by atoms with Gasteiger partial charge >= 0.3 is 0 Å². The molecule has 0 aliphatic carbocycles. The van der Waals surface area contributed by atoms with Crippen molar-refractivity contribution >= 4 is 44.9 Å². The minimum absolute atomic E-state index is 0.0347. The van der Waals surface area contributed by atoms with Gasteiger partial charge in [0.05, 0.1) is 12.1 Å². The van der Waals surface area contributed by atoms with E-state index < -0.39 is 19.7 Å². The van der Waals surface area contributed by atoms with Crippen LogP contribution in [-0.4, -0.2) is 29.1 Å². The van der Waals surface area contributed by atoms with E-state index in [0.717, 1.165) is 5.56 Å². The van der Waals surface area contributed by atoms with Gasteiger partial charge in [-0.2, -0.15) is 17.8 Å². The quantitative estimate of drug-likeness (QED) is 0.622. The number of halogens is 3. The molecule has 1 aromatic rings. The number of nitrogens with zero attached hydrogens (tertiary/aromatic N) is 1. The first-order valence-corrected chi connectivity index (χ1v) is 8.23. The van der Waals surface area contributed by atoms with Gasteiger partial charge in [0.1, 0.15) is 5.75 Å². The molecule has 1 unspecified atom stereocenters. The Morgan fingerprint density at radius 2 is 1.84 bits per heavy atom. The van der Waals surface area contributed by atoms with Crippen molar-refractivity contribution in [3.8, 4) is 0 Å². The first-order valence-electron chi connectivity index (χ1n) is 5.52. The van der Waals surface area contributed by atoms with Crippen molar-refractivity contribution in [2.75, 3.05) is 5.75 Å². The first kappa shape index (κ1) is 15.4. The third-order valence-electron chi connectivity index (χ3n) is 2.72. The van der Waals surface area contributed by atoms with E-state index in [1.54, 1.807) is 0 Å². The van der Waals surface area contributed by atoms with E-state index in [1.165, 1.54) is 5.06 Å². The lowest BCUT2D eigenvalue weighted by Crippen LogP contribution is -2.24. The summed E-state index contributed by atoms with van der Waals surface area (Å²) in [5.74, 6) is -0.685. The Morgan fingerprint density at radius 1 is 1.26 bits per heavy atom. The highest BCUT2D eigenvalue weighted by atomic mass is 35.6. The van der Waals surface area contributed by atoms with Crippen molar-refractivity contribution in [2.24, 2.45) is 0 Å². The fourth-order valence-electron chi connectivity index (χ4n) is 1.87. The molecule has 0 amide bonds. The van der Waals surface area contributed by atoms with E-state index in [9.17, 15) is 8.42 Å². The van der Waals surface area contributed by atoms with Crippen LogP contribution in [0.2, 0.25) is 0 Å². The molecule has 3 atom stereocenters. The smallest absolute Gasteiger partial charge is 0.198 e. The molecule has 0 N–H and O–H groups in total. The predicted octanol–water partition coefficient (Wildman–Crippen LogP) is 3.06. The molecular formula is C11H12Cl3NO3S. The van der Waals surface area contributed by atoms with Crippen molar-refractivity contribution in [2.45, 2.75) is 22.8 Å². The number of rotatable bonds is 4. The lowest BCUT2D eigenvalue weighted by atomic mass is 10.1. The average Bonchev–Trinajstić information content (AvgIpc) is 2.85. The second-order valence-corrected chi connectivity index (χ2v) is 8.42. The maximum Gasteiger partial charge on any atom is 0.287 e. The summed E-state index contributed by atoms with van der Waals surface area (Å²) in [4.78, 5) is 0. The summed E-state index contributed by atoms with van der Waals surface area (Å²) in [6.07, 6.45) is 0. The molecule has 0 spiro atoms. The van der Waals surface area contributed by atoms with Crippen molar-refractivity contribution in [1.29, 1.82) is 0 Å². The van der Waals surface area contributed by atoms with Crippen LogP contribution in [-0.2, 0) is 14.4 Å². The summed E-state index contributed by atoms with van der Waals surface area (Å²) in [6, 6.07) is 9.35. The van der Waals surface area contributed by atoms with Crippen molar-refractivity contribution in [1.82, 2.24) is 5.06 Å². The largest absolute Gasteiger partial charge is 0.287 e. The van der Waals surface area contributed by atoms with E-state index in [4.69, 9.17) is 39.1 Å². The fraction of sp³-hybridized carbons (Fsp3) is 0.455. The highest BCUT2D eigenvalue weighted by Gasteiger charge is 2.49. The summed E-state index contributed by atoms with van der Waals surface area (Å²) in [5.41, 5.74) is 0.985. The molecule has 1 saturated heterocycles. The van der Waals surface area contributed by atoms with E-state index in [0.29, 0.717) is 0 Å². The lowest BCUT2D eigenvalue weighted by molar-refractivity contribution is 0.0504. The van der Waals surface area contributed by atoms with Crippen molar-refractivity contribution in [3.05, 3.63) is 35.9 Å². The summed E-state index contributed by atoms with van der Waals surface area (Å²) in [6.45, 7) is 1.86. The summed E-state index contributed by atoms with van der Waals surface area (Å²) in [5, 5.41) is 1.38. The van der Waals surface area contributed by atoms with Crippen LogP contribution in [0.1, 0.15) is 18.5 Å². The predicted molar refractivity (Wildman–Crippen MR) is 75.6 cm³/mol. The van der Waals surface area contributed by atoms with Gasteiger partial charge in [-0.1, -0.05) is 65.1 Å². The maximum atomic E-state index is 11.7. The Bertz CT molecular complexity index is 544. The molecule has 0 saturated carbocycles. The van der Waals surface area contributed by atoms with Crippen LogP contribution in [0.5, 0.6) is 0 Å². The van der Waals surface area contributed by atoms with E-state index in [-0.39, 0.29) is 12.1 Å². The second-order valence-electron chi connectivity index (χ2n) is 4.35. The minimum Gasteiger partial charge on any atom is -0.198 e. The van der Waals surface area contributed by atoms with Crippen LogP contribution >= 0.6 is 34.8 Å². The highest BCUT2D eigenvalue weighted by Crippen LogP contribution is 2.44. The Balaban J connectivity index is 2.03. The molecular weight excluding hydrogens is 333 g/mol. The van der Waals surface area contributed by atoms with E-state index in [2.05, 4.69) is 0 Å². The highest BCUT2D eigenvalue weighted by molar-refractivity contribution is 7.87. The van der Waals surface area contributed by atoms with Crippen LogP contribution in [0, 0.1) is 0 Å². The third-order valence-corrected chi connectivity index (χ3v) is 4.79. The number of alkyl halides is 3. The molecule has 0 bridgehead atoms. The molecule has 1 aliphatic rings. The van der Waals surface area contributed by atoms with Crippen LogP contribution in [0.4, 0.5) is 0 Å². The Labute approximate surface area is 127 Å². The summed E-state index contributed by atoms with van der Waals surface area (Å²) >= 11 is 16.4. The molecule has 0 aromatic heterocycles. The fourth-order valence-corrected chi connectivity index (χ4v) is 4.02. The lowest BCUT2D eigenvalue weighted by Gasteiger charge is -2.11. The molecule has 1 aromatic carbocycles. The van der Waals surface area contributed by atoms with Crippen LogP contribution < -0.4 is 0 Å². The second kappa shape index (κ2) is 5.39. The molecule has 106 valence electrons. The van der Waals surface area contributed by atoms with Gasteiger partial charge in [-0.05, 0) is 12.5 Å². The number of hydrogen-bond acceptors (Lipinski definition) is 4. The zero-order valence-electron chi connectivity index (χ0n) is 9.96. The molecule has 1 aliphatic heterocycles. The van der Waals surface area contributed by atoms with Gasteiger partial charge in [0.15, 0.2) is 0 Å². The van der Waals surface area contributed by atoms with Gasteiger partial charge in [0.2, 0.25) is 3.79 Å². The van der Waals surface area contributed by atoms with Gasteiger partial charge < -0.3 is 0 Å². The number of hydroxylamine groups is 2. The van der Waals surface area contributed by atoms with Crippen LogP contribution in [0.15, 0.2) is 30.3 Å². The van der Waals surface area contributed by atoms with E-state index in [1.807, 2.05) is 37.3 Å². The molecule has 4 nitrogen and oxygen atoms in total. The van der Waals surface area contributed by atoms with Gasteiger partial charge in [-0.3, -0.25) is 0 Å². The Hall–Kier alpha value is -0.0400.